The van der Waals surface area contributed by atoms with Gasteiger partial charge in [-0.05, 0) is 25.8 Å². The van der Waals surface area contributed by atoms with Crippen molar-refractivity contribution in [3.63, 3.8) is 0 Å². The van der Waals surface area contributed by atoms with Crippen LogP contribution < -0.4 is 0 Å². The molecule has 1 fully saturated rings. The van der Waals surface area contributed by atoms with Gasteiger partial charge in [0.15, 0.2) is 0 Å². The fourth-order valence-corrected chi connectivity index (χ4v) is 2.16. The van der Waals surface area contributed by atoms with E-state index in [-0.39, 0.29) is 6.04 Å². The Labute approximate surface area is 83.3 Å². The van der Waals surface area contributed by atoms with Gasteiger partial charge in [0.05, 0.1) is 6.54 Å². The molecule has 1 saturated heterocycles. The Morgan fingerprint density at radius 3 is 2.57 bits per heavy atom. The maximum Gasteiger partial charge on any atom is 0.401 e. The summed E-state index contributed by atoms with van der Waals surface area (Å²) in [5.41, 5.74) is 0. The summed E-state index contributed by atoms with van der Waals surface area (Å²) in [4.78, 5) is 1.60. The van der Waals surface area contributed by atoms with E-state index in [4.69, 9.17) is 0 Å². The van der Waals surface area contributed by atoms with E-state index < -0.39 is 12.7 Å². The Morgan fingerprint density at radius 1 is 1.29 bits per heavy atom. The summed E-state index contributed by atoms with van der Waals surface area (Å²) in [6, 6.07) is 0.162. The molecule has 4 heteroatoms. The highest BCUT2D eigenvalue weighted by Gasteiger charge is 2.34. The van der Waals surface area contributed by atoms with Crippen LogP contribution in [0.1, 0.15) is 39.0 Å². The molecule has 0 aromatic rings. The molecular weight excluding hydrogens is 191 g/mol. The molecule has 1 heterocycles. The Hall–Kier alpha value is -0.250. The fourth-order valence-electron chi connectivity index (χ4n) is 2.16. The standard InChI is InChI=1S/C10H18F3N/c1-2-5-9-6-3-4-7-14(9)8-10(11,12)13/h9H,2-8H2,1H3. The number of hydrogen-bond donors (Lipinski definition) is 0. The van der Waals surface area contributed by atoms with E-state index >= 15 is 0 Å². The highest BCUT2D eigenvalue weighted by atomic mass is 19.4. The molecule has 0 radical (unpaired) electrons. The zero-order chi connectivity index (χ0) is 10.6. The maximum atomic E-state index is 12.2. The van der Waals surface area contributed by atoms with Crippen molar-refractivity contribution in [2.24, 2.45) is 0 Å². The summed E-state index contributed by atoms with van der Waals surface area (Å²) in [5.74, 6) is 0. The van der Waals surface area contributed by atoms with Crippen LogP contribution >= 0.6 is 0 Å². The van der Waals surface area contributed by atoms with Gasteiger partial charge in [-0.15, -0.1) is 0 Å². The highest BCUT2D eigenvalue weighted by Crippen LogP contribution is 2.25. The van der Waals surface area contributed by atoms with Gasteiger partial charge in [-0.25, -0.2) is 0 Å². The summed E-state index contributed by atoms with van der Waals surface area (Å²) in [6.45, 7) is 1.92. The van der Waals surface area contributed by atoms with E-state index in [1.54, 1.807) is 4.90 Å². The van der Waals surface area contributed by atoms with Crippen molar-refractivity contribution < 1.29 is 13.2 Å². The van der Waals surface area contributed by atoms with Crippen LogP contribution in [0.15, 0.2) is 0 Å². The van der Waals surface area contributed by atoms with Crippen LogP contribution in [0.2, 0.25) is 0 Å². The molecule has 0 N–H and O–H groups in total. The largest absolute Gasteiger partial charge is 0.401 e. The third kappa shape index (κ3) is 3.86. The van der Waals surface area contributed by atoms with Crippen LogP contribution in [0.4, 0.5) is 13.2 Å². The SMILES string of the molecule is CCCC1CCCCN1CC(F)(F)F. The molecule has 1 rings (SSSR count). The first-order valence-corrected chi connectivity index (χ1v) is 5.33. The lowest BCUT2D eigenvalue weighted by molar-refractivity contribution is -0.153. The Bertz CT molecular complexity index is 165. The van der Waals surface area contributed by atoms with Crippen molar-refractivity contribution in [1.82, 2.24) is 4.90 Å². The topological polar surface area (TPSA) is 3.24 Å². The minimum atomic E-state index is -4.04. The molecule has 14 heavy (non-hydrogen) atoms. The molecule has 0 aromatic heterocycles. The van der Waals surface area contributed by atoms with E-state index in [1.165, 1.54) is 0 Å². The van der Waals surface area contributed by atoms with E-state index in [9.17, 15) is 13.2 Å². The van der Waals surface area contributed by atoms with Crippen molar-refractivity contribution in [2.75, 3.05) is 13.1 Å². The lowest BCUT2D eigenvalue weighted by Gasteiger charge is -2.36. The predicted molar refractivity (Wildman–Crippen MR) is 50.2 cm³/mol. The number of alkyl halides is 3. The average Bonchev–Trinajstić information content (AvgIpc) is 2.06. The molecule has 1 aliphatic heterocycles. The van der Waals surface area contributed by atoms with E-state index in [2.05, 4.69) is 0 Å². The number of halogens is 3. The smallest absolute Gasteiger partial charge is 0.292 e. The van der Waals surface area contributed by atoms with Gasteiger partial charge < -0.3 is 0 Å². The normalized spacial score (nSPS) is 25.3. The van der Waals surface area contributed by atoms with Gasteiger partial charge >= 0.3 is 6.18 Å². The second-order valence-electron chi connectivity index (χ2n) is 4.02. The van der Waals surface area contributed by atoms with E-state index in [1.807, 2.05) is 6.92 Å². The second-order valence-corrected chi connectivity index (χ2v) is 4.02. The summed E-state index contributed by atoms with van der Waals surface area (Å²) in [5, 5.41) is 0. The van der Waals surface area contributed by atoms with Gasteiger partial charge in [0.2, 0.25) is 0 Å². The molecule has 0 amide bonds. The van der Waals surface area contributed by atoms with Gasteiger partial charge in [-0.1, -0.05) is 19.8 Å². The first kappa shape index (κ1) is 11.8. The van der Waals surface area contributed by atoms with Crippen molar-refractivity contribution in [3.05, 3.63) is 0 Å². The third-order valence-electron chi connectivity index (χ3n) is 2.75. The quantitative estimate of drug-likeness (QED) is 0.690. The van der Waals surface area contributed by atoms with Crippen LogP contribution in [-0.4, -0.2) is 30.2 Å². The molecule has 0 aromatic carbocycles. The molecule has 0 saturated carbocycles. The summed E-state index contributed by atoms with van der Waals surface area (Å²) < 4.78 is 36.6. The molecule has 0 bridgehead atoms. The van der Waals surface area contributed by atoms with Gasteiger partial charge in [0, 0.05) is 6.04 Å². The highest BCUT2D eigenvalue weighted by molar-refractivity contribution is 4.78. The number of hydrogen-bond acceptors (Lipinski definition) is 1. The van der Waals surface area contributed by atoms with Crippen molar-refractivity contribution in [3.8, 4) is 0 Å². The van der Waals surface area contributed by atoms with Crippen LogP contribution in [-0.2, 0) is 0 Å². The molecular formula is C10H18F3N. The molecule has 1 atom stereocenters. The van der Waals surface area contributed by atoms with E-state index in [0.717, 1.165) is 32.1 Å². The van der Waals surface area contributed by atoms with E-state index in [0.29, 0.717) is 6.54 Å². The summed E-state index contributed by atoms with van der Waals surface area (Å²) >= 11 is 0. The monoisotopic (exact) mass is 209 g/mol. The van der Waals surface area contributed by atoms with Crippen LogP contribution in [0, 0.1) is 0 Å². The fraction of sp³-hybridized carbons (Fsp3) is 1.00. The summed E-state index contributed by atoms with van der Waals surface area (Å²) in [6.07, 6.45) is 0.762. The first-order valence-electron chi connectivity index (χ1n) is 5.33. The number of rotatable bonds is 3. The molecule has 1 aliphatic rings. The maximum absolute atomic E-state index is 12.2. The minimum Gasteiger partial charge on any atom is -0.292 e. The van der Waals surface area contributed by atoms with Gasteiger partial charge in [0.1, 0.15) is 0 Å². The third-order valence-corrected chi connectivity index (χ3v) is 2.75. The zero-order valence-corrected chi connectivity index (χ0v) is 8.61. The first-order chi connectivity index (χ1) is 6.53. The number of nitrogens with zero attached hydrogens (tertiary/aromatic N) is 1. The molecule has 0 spiro atoms. The van der Waals surface area contributed by atoms with Crippen molar-refractivity contribution in [1.29, 1.82) is 0 Å². The van der Waals surface area contributed by atoms with Crippen molar-refractivity contribution >= 4 is 0 Å². The molecule has 0 aliphatic carbocycles. The molecule has 84 valence electrons. The second kappa shape index (κ2) is 5.01. The lowest BCUT2D eigenvalue weighted by Crippen LogP contribution is -2.44. The lowest BCUT2D eigenvalue weighted by atomic mass is 9.98. The van der Waals surface area contributed by atoms with Gasteiger partial charge in [0.25, 0.3) is 0 Å². The van der Waals surface area contributed by atoms with Gasteiger partial charge in [-0.3, -0.25) is 4.90 Å². The predicted octanol–water partition coefficient (Wildman–Crippen LogP) is 3.20. The minimum absolute atomic E-state index is 0.162. The van der Waals surface area contributed by atoms with Crippen LogP contribution in [0.25, 0.3) is 0 Å². The number of likely N-dealkylation sites (tertiary alicyclic amines) is 1. The number of piperidine rings is 1. The van der Waals surface area contributed by atoms with Gasteiger partial charge in [-0.2, -0.15) is 13.2 Å². The average molecular weight is 209 g/mol. The Morgan fingerprint density at radius 2 is 2.00 bits per heavy atom. The Kier molecular flexibility index (Phi) is 4.23. The van der Waals surface area contributed by atoms with Crippen LogP contribution in [0.5, 0.6) is 0 Å². The molecule has 1 nitrogen and oxygen atoms in total. The van der Waals surface area contributed by atoms with Crippen LogP contribution in [0.3, 0.4) is 0 Å². The van der Waals surface area contributed by atoms with Crippen molar-refractivity contribution in [2.45, 2.75) is 51.2 Å². The molecule has 1 unspecified atom stereocenters. The zero-order valence-electron chi connectivity index (χ0n) is 8.61. The summed E-state index contributed by atoms with van der Waals surface area (Å²) in [7, 11) is 0. The Balaban J connectivity index is 2.45.